The van der Waals surface area contributed by atoms with Crippen LogP contribution in [0.4, 0.5) is 4.79 Å². The van der Waals surface area contributed by atoms with Gasteiger partial charge in [-0.3, -0.25) is 14.9 Å². The number of carboxylic acids is 1. The lowest BCUT2D eigenvalue weighted by Crippen LogP contribution is -2.63. The highest BCUT2D eigenvalue weighted by molar-refractivity contribution is 8.14. The van der Waals surface area contributed by atoms with Crippen LogP contribution in [-0.4, -0.2) is 69.5 Å². The van der Waals surface area contributed by atoms with E-state index in [9.17, 15) is 14.4 Å². The minimum absolute atomic E-state index is 0.121. The molecule has 2 aliphatic rings. The van der Waals surface area contributed by atoms with Crippen molar-refractivity contribution in [1.29, 1.82) is 0 Å². The molecule has 134 valence electrons. The fourth-order valence-corrected chi connectivity index (χ4v) is 3.67. The lowest BCUT2D eigenvalue weighted by Gasteiger charge is -2.36. The number of aliphatic carboxylic acids is 1. The Bertz CT molecular complexity index is 540. The largest absolute Gasteiger partial charge is 0.481 e. The van der Waals surface area contributed by atoms with Gasteiger partial charge in [-0.05, 0) is 6.42 Å². The molecule has 2 N–H and O–H groups in total. The molecule has 0 aromatic heterocycles. The summed E-state index contributed by atoms with van der Waals surface area (Å²) in [5.74, 6) is -1.43. The summed E-state index contributed by atoms with van der Waals surface area (Å²) >= 11 is 1.10. The Hall–Kier alpha value is -1.77. The lowest BCUT2D eigenvalue weighted by atomic mass is 10.1. The van der Waals surface area contributed by atoms with Gasteiger partial charge in [0.05, 0.1) is 5.75 Å². The Morgan fingerprint density at radius 2 is 2.00 bits per heavy atom. The number of nitrogens with one attached hydrogen (secondary N) is 1. The topological polar surface area (TPSA) is 102 Å². The monoisotopic (exact) mass is 356 g/mol. The van der Waals surface area contributed by atoms with Crippen LogP contribution < -0.4 is 5.32 Å². The van der Waals surface area contributed by atoms with Crippen molar-refractivity contribution < 1.29 is 19.5 Å². The molecule has 2 heterocycles. The molecule has 0 aliphatic carbocycles. The summed E-state index contributed by atoms with van der Waals surface area (Å²) in [4.78, 5) is 42.6. The number of thioether (sulfide) groups is 1. The average molecular weight is 356 g/mol. The zero-order valence-electron chi connectivity index (χ0n) is 14.0. The molecule has 0 saturated carbocycles. The van der Waals surface area contributed by atoms with Crippen LogP contribution in [0.2, 0.25) is 0 Å². The number of fused-ring (bicyclic) bond motifs is 1. The van der Waals surface area contributed by atoms with Gasteiger partial charge in [0.1, 0.15) is 0 Å². The van der Waals surface area contributed by atoms with Crippen LogP contribution in [0.15, 0.2) is 4.99 Å². The maximum absolute atomic E-state index is 12.3. The number of carbonyl (C=O) groups excluding carboxylic acids is 2. The average Bonchev–Trinajstić information content (AvgIpc) is 2.90. The highest BCUT2D eigenvalue weighted by atomic mass is 32.2. The number of rotatable bonds is 8. The SMILES string of the molecule is CCCCCCCN1C(SCC(=O)O)=NC2C1C(=O)NC(=O)N2C. The van der Waals surface area contributed by atoms with Crippen molar-refractivity contribution in [2.75, 3.05) is 19.3 Å². The molecule has 8 nitrogen and oxygen atoms in total. The Labute approximate surface area is 145 Å². The van der Waals surface area contributed by atoms with Gasteiger partial charge >= 0.3 is 12.0 Å². The van der Waals surface area contributed by atoms with E-state index in [0.29, 0.717) is 11.7 Å². The van der Waals surface area contributed by atoms with Gasteiger partial charge in [0.15, 0.2) is 17.4 Å². The van der Waals surface area contributed by atoms with Crippen molar-refractivity contribution >= 4 is 34.8 Å². The number of amides is 3. The number of nitrogens with zero attached hydrogens (tertiary/aromatic N) is 3. The van der Waals surface area contributed by atoms with Crippen molar-refractivity contribution in [2.24, 2.45) is 4.99 Å². The van der Waals surface area contributed by atoms with Gasteiger partial charge in [0.2, 0.25) is 0 Å². The number of amidine groups is 1. The number of hydrogen-bond donors (Lipinski definition) is 2. The maximum atomic E-state index is 12.3. The maximum Gasteiger partial charge on any atom is 0.325 e. The zero-order valence-corrected chi connectivity index (χ0v) is 14.8. The van der Waals surface area contributed by atoms with E-state index in [0.717, 1.165) is 37.4 Å². The molecule has 1 fully saturated rings. The van der Waals surface area contributed by atoms with Crippen molar-refractivity contribution in [2.45, 2.75) is 51.2 Å². The Balaban J connectivity index is 2.07. The van der Waals surface area contributed by atoms with Gasteiger partial charge < -0.3 is 14.9 Å². The predicted molar refractivity (Wildman–Crippen MR) is 91.9 cm³/mol. The Morgan fingerprint density at radius 3 is 2.67 bits per heavy atom. The molecule has 1 saturated heterocycles. The summed E-state index contributed by atoms with van der Waals surface area (Å²) in [6.45, 7) is 2.78. The molecule has 2 aliphatic heterocycles. The van der Waals surface area contributed by atoms with Gasteiger partial charge in [-0.25, -0.2) is 9.79 Å². The number of carboxylic acid groups (broad SMARTS) is 1. The van der Waals surface area contributed by atoms with E-state index in [2.05, 4.69) is 17.2 Å². The number of unbranched alkanes of at least 4 members (excludes halogenated alkanes) is 4. The first-order valence-electron chi connectivity index (χ1n) is 8.22. The first-order valence-corrected chi connectivity index (χ1v) is 9.21. The number of likely N-dealkylation sites (N-methyl/N-ethyl adjacent to an activating group) is 1. The second-order valence-corrected chi connectivity index (χ2v) is 6.91. The summed E-state index contributed by atoms with van der Waals surface area (Å²) in [7, 11) is 1.59. The Morgan fingerprint density at radius 1 is 1.29 bits per heavy atom. The third-order valence-electron chi connectivity index (χ3n) is 4.15. The van der Waals surface area contributed by atoms with E-state index in [1.807, 2.05) is 4.90 Å². The molecule has 3 amide bonds. The quantitative estimate of drug-likeness (QED) is 0.636. The molecule has 0 spiro atoms. The molecular formula is C15H24N4O4S. The van der Waals surface area contributed by atoms with Crippen molar-refractivity contribution in [1.82, 2.24) is 15.1 Å². The van der Waals surface area contributed by atoms with E-state index in [1.54, 1.807) is 7.05 Å². The van der Waals surface area contributed by atoms with E-state index in [4.69, 9.17) is 5.11 Å². The van der Waals surface area contributed by atoms with Crippen molar-refractivity contribution in [3.8, 4) is 0 Å². The number of hydrogen-bond acceptors (Lipinski definition) is 6. The van der Waals surface area contributed by atoms with Gasteiger partial charge in [0.25, 0.3) is 5.91 Å². The molecular weight excluding hydrogens is 332 g/mol. The fraction of sp³-hybridized carbons (Fsp3) is 0.733. The summed E-state index contributed by atoms with van der Waals surface area (Å²) in [5, 5.41) is 11.8. The minimum atomic E-state index is -0.936. The minimum Gasteiger partial charge on any atom is -0.481 e. The smallest absolute Gasteiger partial charge is 0.325 e. The molecule has 24 heavy (non-hydrogen) atoms. The molecule has 0 aromatic rings. The third-order valence-corrected chi connectivity index (χ3v) is 5.14. The first kappa shape index (κ1) is 18.6. The number of aliphatic imine (C=N–C) groups is 1. The van der Waals surface area contributed by atoms with E-state index in [-0.39, 0.29) is 11.7 Å². The highest BCUT2D eigenvalue weighted by Gasteiger charge is 2.48. The normalized spacial score (nSPS) is 23.2. The van der Waals surface area contributed by atoms with Gasteiger partial charge in [-0.15, -0.1) is 0 Å². The van der Waals surface area contributed by atoms with Crippen molar-refractivity contribution in [3.63, 3.8) is 0 Å². The zero-order chi connectivity index (χ0) is 17.7. The molecule has 0 aromatic carbocycles. The molecule has 0 bridgehead atoms. The van der Waals surface area contributed by atoms with Crippen LogP contribution in [-0.2, 0) is 9.59 Å². The number of imide groups is 1. The summed E-state index contributed by atoms with van der Waals surface area (Å²) in [5.41, 5.74) is 0. The van der Waals surface area contributed by atoms with Gasteiger partial charge in [-0.1, -0.05) is 44.4 Å². The lowest BCUT2D eigenvalue weighted by molar-refractivity contribution is -0.134. The van der Waals surface area contributed by atoms with Crippen LogP contribution in [0.25, 0.3) is 0 Å². The fourth-order valence-electron chi connectivity index (χ4n) is 2.87. The second-order valence-electron chi connectivity index (χ2n) is 5.97. The van der Waals surface area contributed by atoms with Gasteiger partial charge in [0, 0.05) is 13.6 Å². The van der Waals surface area contributed by atoms with E-state index in [1.165, 1.54) is 11.3 Å². The van der Waals surface area contributed by atoms with Crippen LogP contribution in [0.3, 0.4) is 0 Å². The van der Waals surface area contributed by atoms with Crippen molar-refractivity contribution in [3.05, 3.63) is 0 Å². The first-order chi connectivity index (χ1) is 11.5. The predicted octanol–water partition coefficient (Wildman–Crippen LogP) is 1.32. The standard InChI is InChI=1S/C15H24N4O4S/c1-3-4-5-6-7-8-19-11-12(16-15(19)24-9-10(20)21)18(2)14(23)17-13(11)22/h11-12H,3-9H2,1-2H3,(H,20,21)(H,17,22,23). The second kappa shape index (κ2) is 8.36. The van der Waals surface area contributed by atoms with E-state index >= 15 is 0 Å². The summed E-state index contributed by atoms with van der Waals surface area (Å²) in [6, 6.07) is -1.05. The molecule has 0 radical (unpaired) electrons. The highest BCUT2D eigenvalue weighted by Crippen LogP contribution is 2.28. The van der Waals surface area contributed by atoms with Crippen LogP contribution in [0, 0.1) is 0 Å². The van der Waals surface area contributed by atoms with Crippen LogP contribution in [0.1, 0.15) is 39.0 Å². The van der Waals surface area contributed by atoms with Crippen LogP contribution >= 0.6 is 11.8 Å². The van der Waals surface area contributed by atoms with Gasteiger partial charge in [-0.2, -0.15) is 0 Å². The van der Waals surface area contributed by atoms with Crippen LogP contribution in [0.5, 0.6) is 0 Å². The summed E-state index contributed by atoms with van der Waals surface area (Å²) in [6.07, 6.45) is 4.84. The molecule has 2 atom stereocenters. The summed E-state index contributed by atoms with van der Waals surface area (Å²) < 4.78 is 0. The third kappa shape index (κ3) is 4.19. The molecule has 2 unspecified atom stereocenters. The van der Waals surface area contributed by atoms with E-state index < -0.39 is 24.2 Å². The number of urea groups is 1. The Kier molecular flexibility index (Phi) is 6.47. The molecule has 2 rings (SSSR count). The molecule has 9 heteroatoms. The number of carbonyl (C=O) groups is 3.